The Morgan fingerprint density at radius 3 is 2.63 bits per heavy atom. The number of ketones is 1. The number of hydrogen-bond acceptors (Lipinski definition) is 3. The molecule has 0 amide bonds. The van der Waals surface area contributed by atoms with Gasteiger partial charge in [-0.05, 0) is 44.0 Å². The SMILES string of the molecule is COc1ccc(-n2nc(C)c3c2CCCC3=O)cc1. The van der Waals surface area contributed by atoms with Gasteiger partial charge in [0.2, 0.25) is 0 Å². The molecular formula is C15H16N2O2. The molecule has 1 aromatic carbocycles. The monoisotopic (exact) mass is 256 g/mol. The summed E-state index contributed by atoms with van der Waals surface area (Å²) in [4.78, 5) is 12.0. The van der Waals surface area contributed by atoms with E-state index in [0.29, 0.717) is 6.42 Å². The molecule has 0 saturated heterocycles. The topological polar surface area (TPSA) is 44.1 Å². The van der Waals surface area contributed by atoms with Crippen molar-refractivity contribution in [2.24, 2.45) is 0 Å². The van der Waals surface area contributed by atoms with Gasteiger partial charge in [-0.2, -0.15) is 5.10 Å². The molecule has 0 N–H and O–H groups in total. The maximum absolute atomic E-state index is 12.0. The third-order valence-electron chi connectivity index (χ3n) is 3.57. The average Bonchev–Trinajstić information content (AvgIpc) is 2.78. The van der Waals surface area contributed by atoms with E-state index in [9.17, 15) is 4.79 Å². The Morgan fingerprint density at radius 1 is 1.21 bits per heavy atom. The van der Waals surface area contributed by atoms with Crippen molar-refractivity contribution in [2.75, 3.05) is 7.11 Å². The first-order valence-corrected chi connectivity index (χ1v) is 6.47. The van der Waals surface area contributed by atoms with Crippen LogP contribution < -0.4 is 4.74 Å². The second kappa shape index (κ2) is 4.53. The maximum atomic E-state index is 12.0. The van der Waals surface area contributed by atoms with Crippen LogP contribution in [0.15, 0.2) is 24.3 Å². The highest BCUT2D eigenvalue weighted by atomic mass is 16.5. The van der Waals surface area contributed by atoms with Crippen LogP contribution >= 0.6 is 0 Å². The molecule has 0 unspecified atom stereocenters. The van der Waals surface area contributed by atoms with Gasteiger partial charge < -0.3 is 4.74 Å². The number of aryl methyl sites for hydroxylation is 1. The van der Waals surface area contributed by atoms with Crippen molar-refractivity contribution in [1.29, 1.82) is 0 Å². The van der Waals surface area contributed by atoms with Crippen LogP contribution in [0.5, 0.6) is 5.75 Å². The molecule has 0 saturated carbocycles. The van der Waals surface area contributed by atoms with Gasteiger partial charge in [0, 0.05) is 6.42 Å². The lowest BCUT2D eigenvalue weighted by Crippen LogP contribution is -2.13. The average molecular weight is 256 g/mol. The number of methoxy groups -OCH3 is 1. The van der Waals surface area contributed by atoms with Crippen LogP contribution in [-0.4, -0.2) is 22.7 Å². The Kier molecular flexibility index (Phi) is 2.85. The lowest BCUT2D eigenvalue weighted by Gasteiger charge is -2.13. The molecule has 98 valence electrons. The van der Waals surface area contributed by atoms with Crippen molar-refractivity contribution < 1.29 is 9.53 Å². The predicted octanol–water partition coefficient (Wildman–Crippen LogP) is 2.71. The van der Waals surface area contributed by atoms with Gasteiger partial charge in [-0.15, -0.1) is 0 Å². The van der Waals surface area contributed by atoms with Gasteiger partial charge in [-0.25, -0.2) is 4.68 Å². The molecule has 19 heavy (non-hydrogen) atoms. The summed E-state index contributed by atoms with van der Waals surface area (Å²) in [6.07, 6.45) is 2.46. The molecule has 3 rings (SSSR count). The number of ether oxygens (including phenoxy) is 1. The first-order valence-electron chi connectivity index (χ1n) is 6.47. The summed E-state index contributed by atoms with van der Waals surface area (Å²) >= 11 is 0. The summed E-state index contributed by atoms with van der Waals surface area (Å²) in [5, 5.41) is 4.52. The van der Waals surface area contributed by atoms with E-state index >= 15 is 0 Å². The van der Waals surface area contributed by atoms with E-state index < -0.39 is 0 Å². The molecular weight excluding hydrogens is 240 g/mol. The molecule has 0 aliphatic heterocycles. The van der Waals surface area contributed by atoms with Crippen molar-refractivity contribution in [2.45, 2.75) is 26.2 Å². The molecule has 1 aliphatic carbocycles. The van der Waals surface area contributed by atoms with Gasteiger partial charge >= 0.3 is 0 Å². The molecule has 1 aliphatic rings. The van der Waals surface area contributed by atoms with Crippen molar-refractivity contribution in [1.82, 2.24) is 9.78 Å². The second-order valence-corrected chi connectivity index (χ2v) is 4.79. The van der Waals surface area contributed by atoms with E-state index in [4.69, 9.17) is 4.74 Å². The Hall–Kier alpha value is -2.10. The van der Waals surface area contributed by atoms with Gasteiger partial charge in [-0.1, -0.05) is 0 Å². The molecule has 0 fully saturated rings. The van der Waals surface area contributed by atoms with Gasteiger partial charge in [0.15, 0.2) is 5.78 Å². The fraction of sp³-hybridized carbons (Fsp3) is 0.333. The molecule has 0 radical (unpaired) electrons. The molecule has 0 atom stereocenters. The largest absolute Gasteiger partial charge is 0.497 e. The zero-order chi connectivity index (χ0) is 13.4. The summed E-state index contributed by atoms with van der Waals surface area (Å²) in [6, 6.07) is 7.74. The number of carbonyl (C=O) groups excluding carboxylic acids is 1. The molecule has 4 heteroatoms. The fourth-order valence-electron chi connectivity index (χ4n) is 2.65. The third kappa shape index (κ3) is 1.93. The van der Waals surface area contributed by atoms with E-state index in [1.807, 2.05) is 35.9 Å². The van der Waals surface area contributed by atoms with Crippen LogP contribution in [0.25, 0.3) is 5.69 Å². The minimum absolute atomic E-state index is 0.221. The fourth-order valence-corrected chi connectivity index (χ4v) is 2.65. The van der Waals surface area contributed by atoms with Crippen molar-refractivity contribution in [3.63, 3.8) is 0 Å². The van der Waals surface area contributed by atoms with Crippen molar-refractivity contribution in [3.05, 3.63) is 41.2 Å². The zero-order valence-corrected chi connectivity index (χ0v) is 11.1. The molecule has 1 heterocycles. The molecule has 1 aromatic heterocycles. The van der Waals surface area contributed by atoms with Crippen LogP contribution in [0.1, 0.15) is 34.6 Å². The van der Waals surface area contributed by atoms with E-state index in [1.54, 1.807) is 7.11 Å². The number of hydrogen-bond donors (Lipinski definition) is 0. The molecule has 0 bridgehead atoms. The lowest BCUT2D eigenvalue weighted by molar-refractivity contribution is 0.0971. The number of Topliss-reactive ketones (excluding diaryl/α,β-unsaturated/α-hetero) is 1. The van der Waals surface area contributed by atoms with Crippen LogP contribution in [0.2, 0.25) is 0 Å². The van der Waals surface area contributed by atoms with Gasteiger partial charge in [0.05, 0.1) is 29.7 Å². The maximum Gasteiger partial charge on any atom is 0.166 e. The predicted molar refractivity (Wildman–Crippen MR) is 72.1 cm³/mol. The van der Waals surface area contributed by atoms with Crippen molar-refractivity contribution in [3.8, 4) is 11.4 Å². The van der Waals surface area contributed by atoms with Crippen LogP contribution in [0, 0.1) is 6.92 Å². The molecule has 2 aromatic rings. The lowest BCUT2D eigenvalue weighted by atomic mass is 9.94. The molecule has 0 spiro atoms. The summed E-state index contributed by atoms with van der Waals surface area (Å²) in [5.74, 6) is 1.04. The first-order chi connectivity index (χ1) is 9.20. The van der Waals surface area contributed by atoms with Gasteiger partial charge in [0.25, 0.3) is 0 Å². The van der Waals surface area contributed by atoms with E-state index in [-0.39, 0.29) is 5.78 Å². The number of benzene rings is 1. The summed E-state index contributed by atoms with van der Waals surface area (Å²) in [5.41, 5.74) is 3.66. The summed E-state index contributed by atoms with van der Waals surface area (Å²) in [6.45, 7) is 1.90. The smallest absolute Gasteiger partial charge is 0.166 e. The first kappa shape index (κ1) is 12.0. The van der Waals surface area contributed by atoms with Crippen LogP contribution in [-0.2, 0) is 6.42 Å². The highest BCUT2D eigenvalue weighted by molar-refractivity contribution is 5.99. The standard InChI is InChI=1S/C15H16N2O2/c1-10-15-13(4-3-5-14(15)18)17(16-10)11-6-8-12(19-2)9-7-11/h6-9H,3-5H2,1-2H3. The zero-order valence-electron chi connectivity index (χ0n) is 11.1. The highest BCUT2D eigenvalue weighted by Gasteiger charge is 2.25. The number of carbonyl (C=O) groups is 1. The van der Waals surface area contributed by atoms with E-state index in [0.717, 1.165) is 41.2 Å². The Bertz CT molecular complexity index is 626. The van der Waals surface area contributed by atoms with E-state index in [1.165, 1.54) is 0 Å². The van der Waals surface area contributed by atoms with Crippen LogP contribution in [0.4, 0.5) is 0 Å². The Morgan fingerprint density at radius 2 is 1.95 bits per heavy atom. The third-order valence-corrected chi connectivity index (χ3v) is 3.57. The number of fused-ring (bicyclic) bond motifs is 1. The molecule has 4 nitrogen and oxygen atoms in total. The quantitative estimate of drug-likeness (QED) is 0.829. The summed E-state index contributed by atoms with van der Waals surface area (Å²) < 4.78 is 7.05. The van der Waals surface area contributed by atoms with Gasteiger partial charge in [0.1, 0.15) is 5.75 Å². The van der Waals surface area contributed by atoms with E-state index in [2.05, 4.69) is 5.10 Å². The Balaban J connectivity index is 2.10. The second-order valence-electron chi connectivity index (χ2n) is 4.79. The van der Waals surface area contributed by atoms with Crippen LogP contribution in [0.3, 0.4) is 0 Å². The van der Waals surface area contributed by atoms with Crippen molar-refractivity contribution >= 4 is 5.78 Å². The number of rotatable bonds is 2. The minimum Gasteiger partial charge on any atom is -0.497 e. The van der Waals surface area contributed by atoms with Gasteiger partial charge in [-0.3, -0.25) is 4.79 Å². The normalized spacial score (nSPS) is 14.3. The minimum atomic E-state index is 0.221. The number of aromatic nitrogens is 2. The Labute approximate surface area is 112 Å². The number of nitrogens with zero attached hydrogens (tertiary/aromatic N) is 2. The summed E-state index contributed by atoms with van der Waals surface area (Å²) in [7, 11) is 1.65. The highest BCUT2D eigenvalue weighted by Crippen LogP contribution is 2.27.